The van der Waals surface area contributed by atoms with Gasteiger partial charge >= 0.3 is 6.09 Å². The molecule has 0 unspecified atom stereocenters. The van der Waals surface area contributed by atoms with Gasteiger partial charge in [0.05, 0.1) is 11.4 Å². The molecule has 1 aromatic heterocycles. The minimum atomic E-state index is -0.449. The second-order valence-electron chi connectivity index (χ2n) is 4.33. The number of amides is 1. The standard InChI is InChI=1S/C14H16N2O2S/c1-9-6-4-5-7-12(9)8-18-14(17)15-13-10(2)16-19-11(13)3/h4-7H,8H2,1-3H3,(H,15,17). The van der Waals surface area contributed by atoms with E-state index in [0.29, 0.717) is 0 Å². The number of benzene rings is 1. The average Bonchev–Trinajstić information content (AvgIpc) is 2.70. The van der Waals surface area contributed by atoms with Crippen LogP contribution in [0.25, 0.3) is 0 Å². The number of nitrogens with zero attached hydrogens (tertiary/aromatic N) is 1. The van der Waals surface area contributed by atoms with E-state index in [1.54, 1.807) is 0 Å². The fourth-order valence-electron chi connectivity index (χ4n) is 1.71. The number of anilines is 1. The molecule has 1 aromatic carbocycles. The van der Waals surface area contributed by atoms with E-state index >= 15 is 0 Å². The smallest absolute Gasteiger partial charge is 0.412 e. The third-order valence-corrected chi connectivity index (χ3v) is 3.72. The normalized spacial score (nSPS) is 10.3. The summed E-state index contributed by atoms with van der Waals surface area (Å²) < 4.78 is 9.39. The molecule has 19 heavy (non-hydrogen) atoms. The van der Waals surface area contributed by atoms with Gasteiger partial charge in [-0.05, 0) is 43.4 Å². The molecule has 0 saturated carbocycles. The molecular formula is C14H16N2O2S. The van der Waals surface area contributed by atoms with Gasteiger partial charge in [0.25, 0.3) is 0 Å². The first-order chi connectivity index (χ1) is 9.08. The van der Waals surface area contributed by atoms with Crippen LogP contribution in [0.1, 0.15) is 21.7 Å². The van der Waals surface area contributed by atoms with E-state index in [-0.39, 0.29) is 6.61 Å². The van der Waals surface area contributed by atoms with Gasteiger partial charge in [-0.25, -0.2) is 4.79 Å². The number of aromatic nitrogens is 1. The fourth-order valence-corrected chi connectivity index (χ4v) is 2.37. The molecule has 0 aliphatic carbocycles. The Morgan fingerprint density at radius 1 is 1.32 bits per heavy atom. The van der Waals surface area contributed by atoms with Crippen LogP contribution in [0.3, 0.4) is 0 Å². The van der Waals surface area contributed by atoms with E-state index in [1.807, 2.05) is 45.0 Å². The van der Waals surface area contributed by atoms with E-state index < -0.39 is 6.09 Å². The number of carbonyl (C=O) groups is 1. The highest BCUT2D eigenvalue weighted by atomic mass is 32.1. The quantitative estimate of drug-likeness (QED) is 0.927. The Kier molecular flexibility index (Phi) is 4.16. The SMILES string of the molecule is Cc1ccccc1COC(=O)Nc1c(C)nsc1C. The lowest BCUT2D eigenvalue weighted by Gasteiger charge is -2.08. The highest BCUT2D eigenvalue weighted by Crippen LogP contribution is 2.23. The summed E-state index contributed by atoms with van der Waals surface area (Å²) >= 11 is 1.37. The van der Waals surface area contributed by atoms with Crippen LogP contribution in [0.15, 0.2) is 24.3 Å². The molecule has 0 radical (unpaired) electrons. The van der Waals surface area contributed by atoms with Crippen molar-refractivity contribution in [3.63, 3.8) is 0 Å². The van der Waals surface area contributed by atoms with Gasteiger partial charge in [0.2, 0.25) is 0 Å². The molecule has 1 heterocycles. The van der Waals surface area contributed by atoms with Crippen molar-refractivity contribution in [2.24, 2.45) is 0 Å². The molecule has 2 rings (SSSR count). The van der Waals surface area contributed by atoms with Gasteiger partial charge < -0.3 is 4.74 Å². The molecule has 0 fully saturated rings. The zero-order chi connectivity index (χ0) is 13.8. The summed E-state index contributed by atoms with van der Waals surface area (Å²) in [6, 6.07) is 7.84. The molecule has 5 heteroatoms. The number of ether oxygens (including phenoxy) is 1. The Hall–Kier alpha value is -1.88. The molecule has 0 bridgehead atoms. The summed E-state index contributed by atoms with van der Waals surface area (Å²) in [7, 11) is 0. The predicted molar refractivity (Wildman–Crippen MR) is 76.6 cm³/mol. The van der Waals surface area contributed by atoms with Gasteiger partial charge in [0.1, 0.15) is 6.61 Å². The molecule has 0 saturated heterocycles. The Bertz CT molecular complexity index is 573. The van der Waals surface area contributed by atoms with Crippen LogP contribution in [0.2, 0.25) is 0 Å². The van der Waals surface area contributed by atoms with Gasteiger partial charge in [-0.15, -0.1) is 0 Å². The third kappa shape index (κ3) is 3.32. The number of hydrogen-bond donors (Lipinski definition) is 1. The lowest BCUT2D eigenvalue weighted by atomic mass is 10.1. The minimum Gasteiger partial charge on any atom is -0.444 e. The van der Waals surface area contributed by atoms with E-state index in [9.17, 15) is 4.79 Å². The van der Waals surface area contributed by atoms with Crippen molar-refractivity contribution in [2.45, 2.75) is 27.4 Å². The van der Waals surface area contributed by atoms with Crippen molar-refractivity contribution in [2.75, 3.05) is 5.32 Å². The van der Waals surface area contributed by atoms with Crippen LogP contribution in [0.4, 0.5) is 10.5 Å². The average molecular weight is 276 g/mol. The van der Waals surface area contributed by atoms with Gasteiger partial charge in [0, 0.05) is 4.88 Å². The molecule has 0 aliphatic rings. The van der Waals surface area contributed by atoms with Crippen LogP contribution in [0, 0.1) is 20.8 Å². The molecule has 1 N–H and O–H groups in total. The number of rotatable bonds is 3. The number of hydrogen-bond acceptors (Lipinski definition) is 4. The van der Waals surface area contributed by atoms with Crippen LogP contribution in [-0.2, 0) is 11.3 Å². The maximum atomic E-state index is 11.7. The van der Waals surface area contributed by atoms with Crippen molar-refractivity contribution < 1.29 is 9.53 Å². The zero-order valence-corrected chi connectivity index (χ0v) is 12.0. The van der Waals surface area contributed by atoms with Crippen molar-refractivity contribution in [3.05, 3.63) is 46.0 Å². The molecule has 1 amide bonds. The summed E-state index contributed by atoms with van der Waals surface area (Å²) in [6.45, 7) is 6.05. The first-order valence-corrected chi connectivity index (χ1v) is 6.76. The van der Waals surface area contributed by atoms with E-state index in [0.717, 1.165) is 27.4 Å². The van der Waals surface area contributed by atoms with E-state index in [2.05, 4.69) is 9.69 Å². The fraction of sp³-hybridized carbons (Fsp3) is 0.286. The van der Waals surface area contributed by atoms with Gasteiger partial charge in [-0.1, -0.05) is 24.3 Å². The zero-order valence-electron chi connectivity index (χ0n) is 11.2. The number of aryl methyl sites for hydroxylation is 3. The van der Waals surface area contributed by atoms with Crippen molar-refractivity contribution in [1.82, 2.24) is 4.37 Å². The lowest BCUT2D eigenvalue weighted by Crippen LogP contribution is -2.14. The minimum absolute atomic E-state index is 0.272. The van der Waals surface area contributed by atoms with E-state index in [4.69, 9.17) is 4.74 Å². The lowest BCUT2D eigenvalue weighted by molar-refractivity contribution is 0.155. The summed E-state index contributed by atoms with van der Waals surface area (Å²) in [5.41, 5.74) is 3.68. The van der Waals surface area contributed by atoms with Gasteiger partial charge in [-0.3, -0.25) is 5.32 Å². The predicted octanol–water partition coefficient (Wildman–Crippen LogP) is 3.82. The third-order valence-electron chi connectivity index (χ3n) is 2.88. The topological polar surface area (TPSA) is 51.2 Å². The monoisotopic (exact) mass is 276 g/mol. The highest BCUT2D eigenvalue weighted by molar-refractivity contribution is 7.06. The largest absolute Gasteiger partial charge is 0.444 e. The Morgan fingerprint density at radius 3 is 2.68 bits per heavy atom. The van der Waals surface area contributed by atoms with Gasteiger partial charge in [0.15, 0.2) is 0 Å². The number of carbonyl (C=O) groups excluding carboxylic acids is 1. The summed E-state index contributed by atoms with van der Waals surface area (Å²) in [4.78, 5) is 12.7. The summed E-state index contributed by atoms with van der Waals surface area (Å²) in [5, 5.41) is 2.73. The van der Waals surface area contributed by atoms with Crippen LogP contribution < -0.4 is 5.32 Å². The first-order valence-electron chi connectivity index (χ1n) is 5.99. The molecule has 0 spiro atoms. The van der Waals surface area contributed by atoms with E-state index in [1.165, 1.54) is 11.5 Å². The van der Waals surface area contributed by atoms with Crippen molar-refractivity contribution in [3.8, 4) is 0 Å². The summed E-state index contributed by atoms with van der Waals surface area (Å²) in [6.07, 6.45) is -0.449. The molecule has 2 aromatic rings. The number of nitrogens with one attached hydrogen (secondary N) is 1. The Balaban J connectivity index is 1.94. The molecule has 100 valence electrons. The second-order valence-corrected chi connectivity index (χ2v) is 5.30. The maximum absolute atomic E-state index is 11.7. The van der Waals surface area contributed by atoms with Gasteiger partial charge in [-0.2, -0.15) is 4.37 Å². The Morgan fingerprint density at radius 2 is 2.05 bits per heavy atom. The van der Waals surface area contributed by atoms with Crippen LogP contribution >= 0.6 is 11.5 Å². The molecule has 0 aliphatic heterocycles. The van der Waals surface area contributed by atoms with Crippen LogP contribution in [0.5, 0.6) is 0 Å². The van der Waals surface area contributed by atoms with Crippen LogP contribution in [-0.4, -0.2) is 10.5 Å². The van der Waals surface area contributed by atoms with Crippen molar-refractivity contribution >= 4 is 23.3 Å². The molecule has 0 atom stereocenters. The first kappa shape index (κ1) is 13.5. The second kappa shape index (κ2) is 5.84. The summed E-state index contributed by atoms with van der Waals surface area (Å²) in [5.74, 6) is 0. The van der Waals surface area contributed by atoms with Crippen molar-refractivity contribution in [1.29, 1.82) is 0 Å². The Labute approximate surface area is 116 Å². The molecular weight excluding hydrogens is 260 g/mol. The maximum Gasteiger partial charge on any atom is 0.412 e. The molecule has 4 nitrogen and oxygen atoms in total. The highest BCUT2D eigenvalue weighted by Gasteiger charge is 2.11.